The minimum atomic E-state index is -3.45. The third-order valence-corrected chi connectivity index (χ3v) is 7.86. The second-order valence-corrected chi connectivity index (χ2v) is 10.1. The van der Waals surface area contributed by atoms with E-state index in [1.54, 1.807) is 25.2 Å². The average Bonchev–Trinajstić information content (AvgIpc) is 3.57. The second-order valence-electron chi connectivity index (χ2n) is 7.70. The van der Waals surface area contributed by atoms with Crippen LogP contribution in [0.1, 0.15) is 32.6 Å². The van der Waals surface area contributed by atoms with Crippen LogP contribution in [0.3, 0.4) is 0 Å². The molecule has 1 heterocycles. The number of amidine groups is 1. The summed E-state index contributed by atoms with van der Waals surface area (Å²) in [6, 6.07) is -0.417. The highest BCUT2D eigenvalue weighted by atomic mass is 32.2. The minimum Gasteiger partial charge on any atom is -0.396 e. The Morgan fingerprint density at radius 3 is 2.62 bits per heavy atom. The van der Waals surface area contributed by atoms with Gasteiger partial charge in [0.2, 0.25) is 0 Å². The van der Waals surface area contributed by atoms with Crippen molar-refractivity contribution in [2.24, 2.45) is 10.7 Å². The first-order valence-corrected chi connectivity index (χ1v) is 12.2. The Kier molecular flexibility index (Phi) is 9.20. The smallest absolute Gasteiger partial charge is 0.319 e. The lowest BCUT2D eigenvalue weighted by Crippen LogP contribution is -2.42. The van der Waals surface area contributed by atoms with E-state index < -0.39 is 26.8 Å². The van der Waals surface area contributed by atoms with Gasteiger partial charge in [-0.15, -0.1) is 0 Å². The highest BCUT2D eigenvalue weighted by Gasteiger charge is 2.57. The Morgan fingerprint density at radius 2 is 2.03 bits per heavy atom. The third-order valence-electron chi connectivity index (χ3n) is 5.21. The number of carbonyl (C=O) groups is 1. The van der Waals surface area contributed by atoms with Crippen LogP contribution in [0.5, 0.6) is 0 Å². The summed E-state index contributed by atoms with van der Waals surface area (Å²) in [5.41, 5.74) is 7.71. The molecule has 10 nitrogen and oxygen atoms in total. The van der Waals surface area contributed by atoms with Crippen molar-refractivity contribution < 1.29 is 23.4 Å². The Balaban J connectivity index is 2.11. The molecule has 0 spiro atoms. The molecule has 0 radical (unpaired) electrons. The third kappa shape index (κ3) is 6.52. The highest BCUT2D eigenvalue weighted by Crippen LogP contribution is 2.49. The maximum Gasteiger partial charge on any atom is 0.319 e. The van der Waals surface area contributed by atoms with E-state index in [9.17, 15) is 13.2 Å². The Hall–Kier alpha value is -2.47. The standard InChI is InChI=1S/C21H33N5O5S/c1-3-16(24-20(29)23-10-4-11-27)7-6-15(2)19-25-17(14-18(22)26-19)21(8-9-21)32(30,31)13-5-12-28/h3,6-7,14,18,27-28H,1,4-5,8-13,22H2,2H3,(H,25,26)(H2,23,24,29)/b15-6+,16-7+/t18-/m0/s1. The number of allylic oxidation sites excluding steroid dienone is 3. The van der Waals surface area contributed by atoms with Gasteiger partial charge in [-0.3, -0.25) is 0 Å². The Bertz CT molecular complexity index is 932. The molecule has 0 unspecified atom stereocenters. The fourth-order valence-corrected chi connectivity index (χ4v) is 5.32. The van der Waals surface area contributed by atoms with E-state index in [1.807, 2.05) is 0 Å². The van der Waals surface area contributed by atoms with Crippen LogP contribution in [-0.4, -0.2) is 66.9 Å². The molecule has 1 saturated carbocycles. The van der Waals surface area contributed by atoms with Crippen molar-refractivity contribution in [3.8, 4) is 0 Å². The minimum absolute atomic E-state index is 0.00985. The lowest BCUT2D eigenvalue weighted by atomic mass is 10.1. The van der Waals surface area contributed by atoms with Crippen molar-refractivity contribution in [2.75, 3.05) is 25.5 Å². The van der Waals surface area contributed by atoms with Gasteiger partial charge < -0.3 is 31.9 Å². The monoisotopic (exact) mass is 467 g/mol. The molecular formula is C21H33N5O5S. The first-order chi connectivity index (χ1) is 15.2. The molecule has 1 aliphatic carbocycles. The summed E-state index contributed by atoms with van der Waals surface area (Å²) in [5, 5.41) is 26.2. The molecule has 0 aromatic rings. The van der Waals surface area contributed by atoms with E-state index in [0.29, 0.717) is 48.6 Å². The number of aliphatic hydroxyl groups is 2. The largest absolute Gasteiger partial charge is 0.396 e. The number of aliphatic hydroxyl groups excluding tert-OH is 2. The van der Waals surface area contributed by atoms with E-state index in [2.05, 4.69) is 27.5 Å². The average molecular weight is 468 g/mol. The van der Waals surface area contributed by atoms with Crippen LogP contribution in [0.25, 0.3) is 0 Å². The van der Waals surface area contributed by atoms with E-state index in [4.69, 9.17) is 15.9 Å². The van der Waals surface area contributed by atoms with Gasteiger partial charge in [-0.05, 0) is 56.4 Å². The zero-order chi connectivity index (χ0) is 23.8. The maximum absolute atomic E-state index is 12.8. The van der Waals surface area contributed by atoms with Crippen LogP contribution in [0.4, 0.5) is 4.79 Å². The first kappa shape index (κ1) is 25.8. The lowest BCUT2D eigenvalue weighted by molar-refractivity contribution is 0.240. The zero-order valence-electron chi connectivity index (χ0n) is 18.3. The van der Waals surface area contributed by atoms with Crippen molar-refractivity contribution in [1.82, 2.24) is 16.0 Å². The van der Waals surface area contributed by atoms with Crippen molar-refractivity contribution >= 4 is 21.7 Å². The van der Waals surface area contributed by atoms with Gasteiger partial charge in [-0.2, -0.15) is 0 Å². The van der Waals surface area contributed by atoms with E-state index in [1.165, 1.54) is 6.08 Å². The van der Waals surface area contributed by atoms with Crippen LogP contribution >= 0.6 is 0 Å². The Morgan fingerprint density at radius 1 is 1.34 bits per heavy atom. The number of nitrogens with zero attached hydrogens (tertiary/aromatic N) is 1. The molecule has 7 N–H and O–H groups in total. The molecular weight excluding hydrogens is 434 g/mol. The highest BCUT2D eigenvalue weighted by molar-refractivity contribution is 7.93. The van der Waals surface area contributed by atoms with Crippen molar-refractivity contribution in [3.63, 3.8) is 0 Å². The molecule has 178 valence electrons. The van der Waals surface area contributed by atoms with Crippen molar-refractivity contribution in [2.45, 2.75) is 43.5 Å². The molecule has 1 fully saturated rings. The molecule has 1 atom stereocenters. The van der Waals surface area contributed by atoms with Gasteiger partial charge in [-0.1, -0.05) is 12.7 Å². The molecule has 11 heteroatoms. The number of hydrogen-bond acceptors (Lipinski definition) is 8. The second kappa shape index (κ2) is 11.4. The van der Waals surface area contributed by atoms with E-state index in [-0.39, 0.29) is 25.4 Å². The maximum atomic E-state index is 12.8. The topological polar surface area (TPSA) is 166 Å². The molecule has 0 bridgehead atoms. The summed E-state index contributed by atoms with van der Waals surface area (Å²) in [4.78, 5) is 16.2. The molecule has 2 amide bonds. The first-order valence-electron chi connectivity index (χ1n) is 10.5. The van der Waals surface area contributed by atoms with Gasteiger partial charge in [0.1, 0.15) is 16.7 Å². The Labute approximate surface area is 189 Å². The van der Waals surface area contributed by atoms with E-state index >= 15 is 0 Å². The SMILES string of the molecule is C=C/C(=C\C=C(/C)C1=N[C@H](N)C=C(C2(S(=O)(=O)CCCO)CC2)N1)NC(=O)NCCCO. The number of rotatable bonds is 12. The summed E-state index contributed by atoms with van der Waals surface area (Å²) < 4.78 is 24.7. The zero-order valence-corrected chi connectivity index (χ0v) is 19.1. The quantitative estimate of drug-likeness (QED) is 0.176. The fourth-order valence-electron chi connectivity index (χ4n) is 3.25. The molecule has 0 aromatic carbocycles. The van der Waals surface area contributed by atoms with Crippen LogP contribution in [-0.2, 0) is 9.84 Å². The number of nitrogens with one attached hydrogen (secondary N) is 3. The summed E-state index contributed by atoms with van der Waals surface area (Å²) in [6.07, 6.45) is 7.43. The van der Waals surface area contributed by atoms with Gasteiger partial charge >= 0.3 is 6.03 Å². The summed E-state index contributed by atoms with van der Waals surface area (Å²) in [6.45, 7) is 5.63. The van der Waals surface area contributed by atoms with Gasteiger partial charge in [-0.25, -0.2) is 18.2 Å². The van der Waals surface area contributed by atoms with Crippen molar-refractivity contribution in [3.05, 3.63) is 47.9 Å². The number of hydrogen-bond donors (Lipinski definition) is 6. The van der Waals surface area contributed by atoms with Gasteiger partial charge in [0.15, 0.2) is 9.84 Å². The number of carbonyl (C=O) groups excluding carboxylic acids is 1. The number of aliphatic imine (C=N–C) groups is 1. The summed E-state index contributed by atoms with van der Waals surface area (Å²) >= 11 is 0. The van der Waals surface area contributed by atoms with Crippen molar-refractivity contribution in [1.29, 1.82) is 0 Å². The predicted molar refractivity (Wildman–Crippen MR) is 124 cm³/mol. The number of amides is 2. The molecule has 2 aliphatic rings. The summed E-state index contributed by atoms with van der Waals surface area (Å²) in [7, 11) is -3.45. The molecule has 0 aromatic heterocycles. The lowest BCUT2D eigenvalue weighted by Gasteiger charge is -2.27. The fraction of sp³-hybridized carbons (Fsp3) is 0.524. The molecule has 0 saturated heterocycles. The van der Waals surface area contributed by atoms with Gasteiger partial charge in [0.25, 0.3) is 0 Å². The van der Waals surface area contributed by atoms with Crippen LogP contribution in [0, 0.1) is 0 Å². The van der Waals surface area contributed by atoms with Crippen LogP contribution < -0.4 is 21.7 Å². The van der Waals surface area contributed by atoms with Crippen LogP contribution in [0.2, 0.25) is 0 Å². The van der Waals surface area contributed by atoms with Crippen LogP contribution in [0.15, 0.2) is 52.8 Å². The van der Waals surface area contributed by atoms with Gasteiger partial charge in [0.05, 0.1) is 5.75 Å². The molecule has 2 rings (SSSR count). The predicted octanol–water partition coefficient (Wildman–Crippen LogP) is 0.184. The molecule has 1 aliphatic heterocycles. The summed E-state index contributed by atoms with van der Waals surface area (Å²) in [5.74, 6) is 0.363. The normalized spacial score (nSPS) is 20.6. The van der Waals surface area contributed by atoms with Gasteiger partial charge in [0, 0.05) is 31.2 Å². The number of sulfone groups is 1. The molecule has 32 heavy (non-hydrogen) atoms. The number of nitrogens with two attached hydrogens (primary N) is 1. The van der Waals surface area contributed by atoms with E-state index in [0.717, 1.165) is 0 Å². The number of urea groups is 1.